The smallest absolute Gasteiger partial charge is 0.136 e. The standard InChI is InChI=1S/C42H22O4/c1-3-10-31-27(8-1)39-35(43-31)16-18-37-41(39)29-21-25(12-14-33(29)45-37)23-6-5-7-24(20-23)26-13-15-34-30(22-26)42-38(46-34)19-17-36-40(42)28-9-2-4-11-32(28)44-36/h1-22H. The summed E-state index contributed by atoms with van der Waals surface area (Å²) in [5, 5.41) is 8.73. The molecule has 11 rings (SSSR count). The van der Waals surface area contributed by atoms with Crippen LogP contribution >= 0.6 is 0 Å². The third kappa shape index (κ3) is 3.22. The van der Waals surface area contributed by atoms with Crippen LogP contribution in [0.5, 0.6) is 0 Å². The number of rotatable bonds is 2. The van der Waals surface area contributed by atoms with Gasteiger partial charge in [-0.15, -0.1) is 0 Å². The average Bonchev–Trinajstić information content (AvgIpc) is 3.86. The van der Waals surface area contributed by atoms with Crippen molar-refractivity contribution in [3.8, 4) is 22.3 Å². The Morgan fingerprint density at radius 1 is 0.239 bits per heavy atom. The summed E-state index contributed by atoms with van der Waals surface area (Å²) in [6, 6.07) is 46.1. The molecule has 4 heteroatoms. The molecular weight excluding hydrogens is 568 g/mol. The Morgan fingerprint density at radius 3 is 1.04 bits per heavy atom. The molecule has 7 aromatic carbocycles. The normalized spacial score (nSPS) is 12.3. The van der Waals surface area contributed by atoms with Gasteiger partial charge >= 0.3 is 0 Å². The highest BCUT2D eigenvalue weighted by atomic mass is 16.3. The number of para-hydroxylation sites is 2. The largest absolute Gasteiger partial charge is 0.456 e. The Hall–Kier alpha value is -6.26. The van der Waals surface area contributed by atoms with Gasteiger partial charge in [0.05, 0.1) is 0 Å². The first kappa shape index (κ1) is 24.1. The summed E-state index contributed by atoms with van der Waals surface area (Å²) in [4.78, 5) is 0. The van der Waals surface area contributed by atoms with Crippen molar-refractivity contribution in [3.05, 3.63) is 133 Å². The van der Waals surface area contributed by atoms with E-state index in [1.807, 2.05) is 48.5 Å². The fourth-order valence-corrected chi connectivity index (χ4v) is 7.40. The lowest BCUT2D eigenvalue weighted by Gasteiger charge is -2.07. The van der Waals surface area contributed by atoms with Gasteiger partial charge in [0.25, 0.3) is 0 Å². The lowest BCUT2D eigenvalue weighted by molar-refractivity contribution is 0.663. The molecule has 0 saturated carbocycles. The number of fused-ring (bicyclic) bond motifs is 14. The SMILES string of the molecule is c1cc(-c2ccc3oc4ccc5oc6ccccc6c5c4c3c2)cc(-c2ccc3oc4ccc5oc6ccccc6c5c4c3c2)c1. The first-order valence-electron chi connectivity index (χ1n) is 15.4. The fraction of sp³-hybridized carbons (Fsp3) is 0. The molecule has 214 valence electrons. The molecule has 11 aromatic rings. The zero-order chi connectivity index (χ0) is 29.9. The van der Waals surface area contributed by atoms with E-state index < -0.39 is 0 Å². The predicted octanol–water partition coefficient (Wildman–Crippen LogP) is 12.6. The molecule has 4 heterocycles. The van der Waals surface area contributed by atoms with Crippen molar-refractivity contribution < 1.29 is 17.7 Å². The lowest BCUT2D eigenvalue weighted by atomic mass is 9.96. The molecule has 0 N–H and O–H groups in total. The lowest BCUT2D eigenvalue weighted by Crippen LogP contribution is -1.82. The van der Waals surface area contributed by atoms with Crippen LogP contribution in [0, 0.1) is 0 Å². The van der Waals surface area contributed by atoms with Crippen LogP contribution in [0.1, 0.15) is 0 Å². The molecule has 0 aliphatic carbocycles. The van der Waals surface area contributed by atoms with Crippen LogP contribution in [0.4, 0.5) is 0 Å². The highest BCUT2D eigenvalue weighted by molar-refractivity contribution is 6.27. The summed E-state index contributed by atoms with van der Waals surface area (Å²) in [6.07, 6.45) is 0. The second-order valence-electron chi connectivity index (χ2n) is 12.0. The molecule has 0 radical (unpaired) electrons. The zero-order valence-electron chi connectivity index (χ0n) is 24.3. The molecule has 0 atom stereocenters. The van der Waals surface area contributed by atoms with Crippen molar-refractivity contribution >= 4 is 87.8 Å². The molecule has 0 saturated heterocycles. The topological polar surface area (TPSA) is 52.6 Å². The molecule has 0 unspecified atom stereocenters. The van der Waals surface area contributed by atoms with Gasteiger partial charge in [0, 0.05) is 43.1 Å². The van der Waals surface area contributed by atoms with E-state index in [0.717, 1.165) is 110 Å². The minimum atomic E-state index is 0.861. The van der Waals surface area contributed by atoms with E-state index in [0.29, 0.717) is 0 Å². The van der Waals surface area contributed by atoms with Crippen LogP contribution in [0.2, 0.25) is 0 Å². The van der Waals surface area contributed by atoms with Gasteiger partial charge in [-0.3, -0.25) is 0 Å². The molecule has 0 amide bonds. The van der Waals surface area contributed by atoms with E-state index in [1.165, 1.54) is 0 Å². The van der Waals surface area contributed by atoms with E-state index in [9.17, 15) is 0 Å². The van der Waals surface area contributed by atoms with E-state index >= 15 is 0 Å². The maximum atomic E-state index is 6.33. The quantitative estimate of drug-likeness (QED) is 0.201. The minimum Gasteiger partial charge on any atom is -0.456 e. The van der Waals surface area contributed by atoms with Gasteiger partial charge in [0.2, 0.25) is 0 Å². The maximum Gasteiger partial charge on any atom is 0.136 e. The van der Waals surface area contributed by atoms with E-state index in [1.54, 1.807) is 0 Å². The maximum absolute atomic E-state index is 6.33. The van der Waals surface area contributed by atoms with Crippen LogP contribution in [-0.2, 0) is 0 Å². The van der Waals surface area contributed by atoms with Crippen molar-refractivity contribution in [3.63, 3.8) is 0 Å². The average molecular weight is 591 g/mol. The van der Waals surface area contributed by atoms with Gasteiger partial charge in [-0.2, -0.15) is 0 Å². The van der Waals surface area contributed by atoms with Crippen molar-refractivity contribution in [1.82, 2.24) is 0 Å². The predicted molar refractivity (Wildman–Crippen MR) is 186 cm³/mol. The minimum absolute atomic E-state index is 0.861. The fourth-order valence-electron chi connectivity index (χ4n) is 7.40. The highest BCUT2D eigenvalue weighted by Crippen LogP contribution is 2.43. The summed E-state index contributed by atoms with van der Waals surface area (Å²) >= 11 is 0. The zero-order valence-corrected chi connectivity index (χ0v) is 24.3. The van der Waals surface area contributed by atoms with Gasteiger partial charge in [0.15, 0.2) is 0 Å². The van der Waals surface area contributed by atoms with E-state index in [4.69, 9.17) is 17.7 Å². The third-order valence-corrected chi connectivity index (χ3v) is 9.48. The second-order valence-corrected chi connectivity index (χ2v) is 12.0. The Labute approximate surface area is 260 Å². The summed E-state index contributed by atoms with van der Waals surface area (Å²) in [5.74, 6) is 0. The third-order valence-electron chi connectivity index (χ3n) is 9.48. The molecule has 4 nitrogen and oxygen atoms in total. The molecule has 46 heavy (non-hydrogen) atoms. The van der Waals surface area contributed by atoms with Gasteiger partial charge in [-0.25, -0.2) is 0 Å². The molecular formula is C42H22O4. The summed E-state index contributed by atoms with van der Waals surface area (Å²) < 4.78 is 25.0. The van der Waals surface area contributed by atoms with Gasteiger partial charge in [-0.1, -0.05) is 66.7 Å². The van der Waals surface area contributed by atoms with Crippen LogP contribution in [0.25, 0.3) is 110 Å². The summed E-state index contributed by atoms with van der Waals surface area (Å²) in [7, 11) is 0. The molecule has 0 spiro atoms. The van der Waals surface area contributed by atoms with E-state index in [-0.39, 0.29) is 0 Å². The number of furan rings is 4. The number of hydrogen-bond acceptors (Lipinski definition) is 4. The Bertz CT molecular complexity index is 2830. The molecule has 0 fully saturated rings. The molecule has 4 aromatic heterocycles. The van der Waals surface area contributed by atoms with Crippen molar-refractivity contribution in [1.29, 1.82) is 0 Å². The van der Waals surface area contributed by atoms with Crippen LogP contribution in [-0.4, -0.2) is 0 Å². The van der Waals surface area contributed by atoms with E-state index in [2.05, 4.69) is 84.9 Å². The molecule has 0 aliphatic rings. The molecule has 0 aliphatic heterocycles. The Balaban J connectivity index is 1.09. The number of benzene rings is 7. The monoisotopic (exact) mass is 590 g/mol. The van der Waals surface area contributed by atoms with Gasteiger partial charge in [-0.05, 0) is 89.0 Å². The van der Waals surface area contributed by atoms with Crippen LogP contribution in [0.3, 0.4) is 0 Å². The van der Waals surface area contributed by atoms with Crippen molar-refractivity contribution in [2.24, 2.45) is 0 Å². The van der Waals surface area contributed by atoms with Crippen LogP contribution in [0.15, 0.2) is 151 Å². The first-order chi connectivity index (χ1) is 22.8. The highest BCUT2D eigenvalue weighted by Gasteiger charge is 2.18. The van der Waals surface area contributed by atoms with Crippen molar-refractivity contribution in [2.45, 2.75) is 0 Å². The Morgan fingerprint density at radius 2 is 0.587 bits per heavy atom. The summed E-state index contributed by atoms with van der Waals surface area (Å²) in [5.41, 5.74) is 11.5. The number of hydrogen-bond donors (Lipinski definition) is 0. The van der Waals surface area contributed by atoms with Crippen LogP contribution < -0.4 is 0 Å². The Kier molecular flexibility index (Phi) is 4.55. The van der Waals surface area contributed by atoms with Crippen molar-refractivity contribution in [2.75, 3.05) is 0 Å². The second kappa shape index (κ2) is 8.68. The van der Waals surface area contributed by atoms with Gasteiger partial charge < -0.3 is 17.7 Å². The summed E-state index contributed by atoms with van der Waals surface area (Å²) in [6.45, 7) is 0. The van der Waals surface area contributed by atoms with Gasteiger partial charge in [0.1, 0.15) is 44.7 Å². The molecule has 0 bridgehead atoms. The first-order valence-corrected chi connectivity index (χ1v) is 15.4.